The van der Waals surface area contributed by atoms with Crippen LogP contribution in [0.2, 0.25) is 5.02 Å². The second kappa shape index (κ2) is 6.41. The lowest BCUT2D eigenvalue weighted by Gasteiger charge is -2.15. The Morgan fingerprint density at radius 2 is 2.25 bits per heavy atom. The van der Waals surface area contributed by atoms with Gasteiger partial charge < -0.3 is 5.32 Å². The van der Waals surface area contributed by atoms with E-state index in [0.29, 0.717) is 18.0 Å². The molecule has 0 aliphatic heterocycles. The van der Waals surface area contributed by atoms with E-state index in [9.17, 15) is 4.79 Å². The first kappa shape index (κ1) is 15.1. The SMILES string of the molecule is CCC(C(=O)NCc1c(Cl)cnn1C)n1cc(Br)cn1. The van der Waals surface area contributed by atoms with Crippen LogP contribution >= 0.6 is 27.5 Å². The average Bonchev–Trinajstić information content (AvgIpc) is 2.96. The van der Waals surface area contributed by atoms with E-state index in [4.69, 9.17) is 11.6 Å². The monoisotopic (exact) mass is 359 g/mol. The lowest BCUT2D eigenvalue weighted by Crippen LogP contribution is -2.32. The van der Waals surface area contributed by atoms with Crippen LogP contribution in [0.25, 0.3) is 0 Å². The van der Waals surface area contributed by atoms with Crippen molar-refractivity contribution in [2.75, 3.05) is 0 Å². The van der Waals surface area contributed by atoms with Gasteiger partial charge in [0.1, 0.15) is 6.04 Å². The number of hydrogen-bond acceptors (Lipinski definition) is 3. The van der Waals surface area contributed by atoms with Gasteiger partial charge in [-0.15, -0.1) is 0 Å². The highest BCUT2D eigenvalue weighted by molar-refractivity contribution is 9.10. The molecule has 1 amide bonds. The zero-order valence-electron chi connectivity index (χ0n) is 11.2. The summed E-state index contributed by atoms with van der Waals surface area (Å²) in [6, 6.07) is -0.340. The normalized spacial score (nSPS) is 12.4. The number of carbonyl (C=O) groups excluding carboxylic acids is 1. The molecule has 0 aliphatic carbocycles. The van der Waals surface area contributed by atoms with Crippen molar-refractivity contribution in [1.82, 2.24) is 24.9 Å². The van der Waals surface area contributed by atoms with Gasteiger partial charge in [-0.2, -0.15) is 10.2 Å². The fourth-order valence-electron chi connectivity index (χ4n) is 1.90. The van der Waals surface area contributed by atoms with Gasteiger partial charge in [-0.05, 0) is 22.4 Å². The fourth-order valence-corrected chi connectivity index (χ4v) is 2.44. The highest BCUT2D eigenvalue weighted by Crippen LogP contribution is 2.16. The van der Waals surface area contributed by atoms with Crippen LogP contribution in [0.1, 0.15) is 25.1 Å². The number of aromatic nitrogens is 4. The smallest absolute Gasteiger partial charge is 0.245 e. The molecule has 1 unspecified atom stereocenters. The van der Waals surface area contributed by atoms with Gasteiger partial charge in [0, 0.05) is 13.2 Å². The Morgan fingerprint density at radius 3 is 2.75 bits per heavy atom. The fraction of sp³-hybridized carbons (Fsp3) is 0.417. The van der Waals surface area contributed by atoms with Gasteiger partial charge in [-0.3, -0.25) is 14.2 Å². The van der Waals surface area contributed by atoms with Gasteiger partial charge in [-0.25, -0.2) is 0 Å². The number of nitrogens with zero attached hydrogens (tertiary/aromatic N) is 4. The zero-order valence-corrected chi connectivity index (χ0v) is 13.5. The van der Waals surface area contributed by atoms with Crippen molar-refractivity contribution in [2.45, 2.75) is 25.9 Å². The van der Waals surface area contributed by atoms with Crippen LogP contribution in [0.15, 0.2) is 23.1 Å². The van der Waals surface area contributed by atoms with Gasteiger partial charge in [0.25, 0.3) is 0 Å². The van der Waals surface area contributed by atoms with Crippen molar-refractivity contribution >= 4 is 33.4 Å². The van der Waals surface area contributed by atoms with Crippen LogP contribution in [0.3, 0.4) is 0 Å². The van der Waals surface area contributed by atoms with Crippen molar-refractivity contribution in [3.63, 3.8) is 0 Å². The third-order valence-electron chi connectivity index (χ3n) is 3.02. The number of aryl methyl sites for hydroxylation is 1. The molecule has 0 fully saturated rings. The standard InChI is InChI=1S/C12H15BrClN5O/c1-3-10(19-7-8(13)4-17-19)12(20)15-6-11-9(14)5-16-18(11)2/h4-5,7,10H,3,6H2,1-2H3,(H,15,20). The molecule has 0 spiro atoms. The van der Waals surface area contributed by atoms with Crippen LogP contribution < -0.4 is 5.32 Å². The summed E-state index contributed by atoms with van der Waals surface area (Å²) in [7, 11) is 1.79. The van der Waals surface area contributed by atoms with Crippen molar-refractivity contribution in [3.05, 3.63) is 33.8 Å². The number of nitrogens with one attached hydrogen (secondary N) is 1. The lowest BCUT2D eigenvalue weighted by atomic mass is 10.2. The van der Waals surface area contributed by atoms with Crippen LogP contribution in [0, 0.1) is 0 Å². The Kier molecular flexibility index (Phi) is 4.82. The minimum atomic E-state index is -0.340. The number of halogens is 2. The highest BCUT2D eigenvalue weighted by Gasteiger charge is 2.19. The maximum atomic E-state index is 12.2. The summed E-state index contributed by atoms with van der Waals surface area (Å²) in [6.45, 7) is 2.28. The summed E-state index contributed by atoms with van der Waals surface area (Å²) in [5.74, 6) is -0.0969. The van der Waals surface area contributed by atoms with E-state index in [-0.39, 0.29) is 11.9 Å². The predicted molar refractivity (Wildman–Crippen MR) is 79.3 cm³/mol. The second-order valence-corrected chi connectivity index (χ2v) is 5.67. The molecular weight excluding hydrogens is 346 g/mol. The summed E-state index contributed by atoms with van der Waals surface area (Å²) in [5, 5.41) is 11.6. The third kappa shape index (κ3) is 3.21. The largest absolute Gasteiger partial charge is 0.349 e. The molecule has 2 aromatic heterocycles. The van der Waals surface area contributed by atoms with Gasteiger partial charge in [0.05, 0.1) is 34.1 Å². The predicted octanol–water partition coefficient (Wildman–Crippen LogP) is 2.30. The van der Waals surface area contributed by atoms with Crippen molar-refractivity contribution in [2.24, 2.45) is 7.05 Å². The zero-order chi connectivity index (χ0) is 14.7. The Labute approximate surface area is 130 Å². The van der Waals surface area contributed by atoms with E-state index in [1.165, 1.54) is 0 Å². The van der Waals surface area contributed by atoms with E-state index in [0.717, 1.165) is 10.2 Å². The molecular formula is C12H15BrClN5O. The molecule has 0 bridgehead atoms. The van der Waals surface area contributed by atoms with Crippen LogP contribution in [0.4, 0.5) is 0 Å². The van der Waals surface area contributed by atoms with E-state index < -0.39 is 0 Å². The molecule has 0 aromatic carbocycles. The van der Waals surface area contributed by atoms with Crippen molar-refractivity contribution in [3.8, 4) is 0 Å². The maximum Gasteiger partial charge on any atom is 0.245 e. The van der Waals surface area contributed by atoms with Crippen molar-refractivity contribution < 1.29 is 4.79 Å². The topological polar surface area (TPSA) is 64.7 Å². The van der Waals surface area contributed by atoms with Crippen molar-refractivity contribution in [1.29, 1.82) is 0 Å². The van der Waals surface area contributed by atoms with Crippen LogP contribution in [0.5, 0.6) is 0 Å². The number of amides is 1. The first-order valence-electron chi connectivity index (χ1n) is 6.16. The molecule has 20 heavy (non-hydrogen) atoms. The van der Waals surface area contributed by atoms with E-state index in [2.05, 4.69) is 31.4 Å². The van der Waals surface area contributed by atoms with Crippen LogP contribution in [-0.4, -0.2) is 25.5 Å². The molecule has 8 heteroatoms. The molecule has 0 radical (unpaired) electrons. The van der Waals surface area contributed by atoms with E-state index in [1.807, 2.05) is 6.92 Å². The Balaban J connectivity index is 2.03. The van der Waals surface area contributed by atoms with Gasteiger partial charge >= 0.3 is 0 Å². The summed E-state index contributed by atoms with van der Waals surface area (Å²) in [6.07, 6.45) is 5.66. The van der Waals surface area contributed by atoms with Gasteiger partial charge in [0.15, 0.2) is 0 Å². The quantitative estimate of drug-likeness (QED) is 0.890. The molecule has 0 saturated carbocycles. The minimum absolute atomic E-state index is 0.0969. The van der Waals surface area contributed by atoms with Gasteiger partial charge in [-0.1, -0.05) is 18.5 Å². The number of rotatable bonds is 5. The summed E-state index contributed by atoms with van der Waals surface area (Å²) in [5.41, 5.74) is 0.775. The minimum Gasteiger partial charge on any atom is -0.349 e. The summed E-state index contributed by atoms with van der Waals surface area (Å²) in [4.78, 5) is 12.2. The lowest BCUT2D eigenvalue weighted by molar-refractivity contribution is -0.124. The molecule has 6 nitrogen and oxygen atoms in total. The third-order valence-corrected chi connectivity index (χ3v) is 3.74. The van der Waals surface area contributed by atoms with E-state index >= 15 is 0 Å². The molecule has 1 N–H and O–H groups in total. The maximum absolute atomic E-state index is 12.2. The molecule has 0 saturated heterocycles. The average molecular weight is 361 g/mol. The van der Waals surface area contributed by atoms with Gasteiger partial charge in [0.2, 0.25) is 5.91 Å². The summed E-state index contributed by atoms with van der Waals surface area (Å²) < 4.78 is 4.14. The van der Waals surface area contributed by atoms with Crippen LogP contribution in [-0.2, 0) is 18.4 Å². The number of carbonyl (C=O) groups is 1. The van der Waals surface area contributed by atoms with E-state index in [1.54, 1.807) is 35.0 Å². The summed E-state index contributed by atoms with van der Waals surface area (Å²) >= 11 is 9.33. The Hall–Kier alpha value is -1.34. The Bertz CT molecular complexity index is 589. The molecule has 1 atom stereocenters. The first-order chi connectivity index (χ1) is 9.52. The molecule has 2 rings (SSSR count). The molecule has 108 valence electrons. The Morgan fingerprint density at radius 1 is 1.50 bits per heavy atom. The second-order valence-electron chi connectivity index (χ2n) is 4.34. The first-order valence-corrected chi connectivity index (χ1v) is 7.33. The molecule has 2 aromatic rings. The molecule has 2 heterocycles. The molecule has 0 aliphatic rings. The highest BCUT2D eigenvalue weighted by atomic mass is 79.9. The number of hydrogen-bond donors (Lipinski definition) is 1.